The van der Waals surface area contributed by atoms with Crippen molar-refractivity contribution in [2.24, 2.45) is 5.92 Å². The normalized spacial score (nSPS) is 13.7. The van der Waals surface area contributed by atoms with Gasteiger partial charge >= 0.3 is 0 Å². The van der Waals surface area contributed by atoms with Crippen LogP contribution >= 0.6 is 0 Å². The molecule has 1 aromatic rings. The molecule has 1 atom stereocenters. The first kappa shape index (κ1) is 15.9. The van der Waals surface area contributed by atoms with Crippen molar-refractivity contribution in [1.82, 2.24) is 4.72 Å². The molecule has 0 bridgehead atoms. The Balaban J connectivity index is 2.84. The topological polar surface area (TPSA) is 81.4 Å². The first-order chi connectivity index (χ1) is 8.86. The molecule has 0 aliphatic carbocycles. The predicted octanol–water partition coefficient (Wildman–Crippen LogP) is 1.61. The highest BCUT2D eigenvalue weighted by Crippen LogP contribution is 2.14. The van der Waals surface area contributed by atoms with E-state index in [0.717, 1.165) is 0 Å². The average molecular weight is 286 g/mol. The van der Waals surface area contributed by atoms with Gasteiger partial charge < -0.3 is 10.5 Å². The monoisotopic (exact) mass is 286 g/mol. The van der Waals surface area contributed by atoms with Crippen LogP contribution in [0.4, 0.5) is 5.69 Å². The smallest absolute Gasteiger partial charge is 0.240 e. The number of anilines is 1. The minimum Gasteiger partial charge on any atom is -0.399 e. The number of hydrogen-bond donors (Lipinski definition) is 2. The lowest BCUT2D eigenvalue weighted by Crippen LogP contribution is -2.41. The van der Waals surface area contributed by atoms with Crippen LogP contribution in [0.3, 0.4) is 0 Å². The van der Waals surface area contributed by atoms with Gasteiger partial charge in [0.05, 0.1) is 11.5 Å². The number of sulfonamides is 1. The third-order valence-corrected chi connectivity index (χ3v) is 4.31. The van der Waals surface area contributed by atoms with E-state index in [1.165, 1.54) is 12.1 Å². The minimum absolute atomic E-state index is 0.148. The molecule has 0 fully saturated rings. The summed E-state index contributed by atoms with van der Waals surface area (Å²) in [5.74, 6) is 0.148. The van der Waals surface area contributed by atoms with Gasteiger partial charge in [0.1, 0.15) is 0 Å². The Morgan fingerprint density at radius 2 is 1.84 bits per heavy atom. The molecule has 0 amide bonds. The molecule has 0 aliphatic heterocycles. The van der Waals surface area contributed by atoms with Crippen LogP contribution in [0, 0.1) is 5.92 Å². The SMILES string of the molecule is CCOCC(NS(=O)(=O)c1ccc(N)cc1)C(C)C. The lowest BCUT2D eigenvalue weighted by Gasteiger charge is -2.22. The molecule has 0 radical (unpaired) electrons. The van der Waals surface area contributed by atoms with Crippen LogP contribution in [-0.4, -0.2) is 27.7 Å². The van der Waals surface area contributed by atoms with Crippen molar-refractivity contribution >= 4 is 15.7 Å². The lowest BCUT2D eigenvalue weighted by molar-refractivity contribution is 0.116. The zero-order valence-electron chi connectivity index (χ0n) is 11.6. The largest absolute Gasteiger partial charge is 0.399 e. The summed E-state index contributed by atoms with van der Waals surface area (Å²) in [5.41, 5.74) is 6.09. The van der Waals surface area contributed by atoms with Crippen molar-refractivity contribution < 1.29 is 13.2 Å². The summed E-state index contributed by atoms with van der Waals surface area (Å²) in [4.78, 5) is 0.212. The number of nitrogen functional groups attached to an aromatic ring is 1. The van der Waals surface area contributed by atoms with Crippen molar-refractivity contribution in [3.05, 3.63) is 24.3 Å². The summed E-state index contributed by atoms with van der Waals surface area (Å²) in [6.07, 6.45) is 0. The summed E-state index contributed by atoms with van der Waals surface area (Å²) in [5, 5.41) is 0. The van der Waals surface area contributed by atoms with Gasteiger partial charge in [-0.15, -0.1) is 0 Å². The Labute approximate surface area is 115 Å². The number of rotatable bonds is 7. The molecular formula is C13H22N2O3S. The van der Waals surface area contributed by atoms with E-state index >= 15 is 0 Å². The third kappa shape index (κ3) is 4.81. The lowest BCUT2D eigenvalue weighted by atomic mass is 10.1. The molecule has 3 N–H and O–H groups in total. The summed E-state index contributed by atoms with van der Waals surface area (Å²) >= 11 is 0. The molecule has 0 saturated carbocycles. The van der Waals surface area contributed by atoms with Gasteiger partial charge in [-0.05, 0) is 37.1 Å². The van der Waals surface area contributed by atoms with E-state index < -0.39 is 10.0 Å². The zero-order chi connectivity index (χ0) is 14.5. The number of benzene rings is 1. The second kappa shape index (κ2) is 6.88. The van der Waals surface area contributed by atoms with Crippen LogP contribution in [-0.2, 0) is 14.8 Å². The van der Waals surface area contributed by atoms with Gasteiger partial charge in [0.15, 0.2) is 0 Å². The molecule has 1 unspecified atom stereocenters. The van der Waals surface area contributed by atoms with E-state index in [2.05, 4.69) is 4.72 Å². The van der Waals surface area contributed by atoms with Crippen LogP contribution in [0.15, 0.2) is 29.2 Å². The molecule has 5 nitrogen and oxygen atoms in total. The second-order valence-electron chi connectivity index (χ2n) is 4.70. The van der Waals surface area contributed by atoms with Gasteiger partial charge in [-0.3, -0.25) is 0 Å². The van der Waals surface area contributed by atoms with Crippen molar-refractivity contribution in [1.29, 1.82) is 0 Å². The maximum atomic E-state index is 12.2. The van der Waals surface area contributed by atoms with Crippen LogP contribution in [0.25, 0.3) is 0 Å². The first-order valence-corrected chi connectivity index (χ1v) is 7.80. The highest BCUT2D eigenvalue weighted by molar-refractivity contribution is 7.89. The van der Waals surface area contributed by atoms with Gasteiger partial charge in [0.2, 0.25) is 10.0 Å². The van der Waals surface area contributed by atoms with Gasteiger partial charge in [-0.25, -0.2) is 13.1 Å². The summed E-state index contributed by atoms with van der Waals surface area (Å²) < 4.78 is 32.4. The standard InChI is InChI=1S/C13H22N2O3S/c1-4-18-9-13(10(2)3)15-19(16,17)12-7-5-11(14)6-8-12/h5-8,10,13,15H,4,9,14H2,1-3H3. The summed E-state index contributed by atoms with van der Waals surface area (Å²) in [7, 11) is -3.54. The number of ether oxygens (including phenoxy) is 1. The Hall–Kier alpha value is -1.11. The minimum atomic E-state index is -3.54. The molecule has 0 spiro atoms. The fraction of sp³-hybridized carbons (Fsp3) is 0.538. The molecule has 19 heavy (non-hydrogen) atoms. The maximum Gasteiger partial charge on any atom is 0.240 e. The second-order valence-corrected chi connectivity index (χ2v) is 6.41. The van der Waals surface area contributed by atoms with Crippen LogP contribution in [0.5, 0.6) is 0 Å². The van der Waals surface area contributed by atoms with E-state index in [-0.39, 0.29) is 16.9 Å². The van der Waals surface area contributed by atoms with E-state index in [0.29, 0.717) is 18.9 Å². The Morgan fingerprint density at radius 3 is 2.32 bits per heavy atom. The van der Waals surface area contributed by atoms with Gasteiger partial charge in [0, 0.05) is 18.3 Å². The van der Waals surface area contributed by atoms with E-state index in [1.54, 1.807) is 12.1 Å². The van der Waals surface area contributed by atoms with Crippen LogP contribution < -0.4 is 10.5 Å². The van der Waals surface area contributed by atoms with E-state index in [4.69, 9.17) is 10.5 Å². The number of nitrogens with one attached hydrogen (secondary N) is 1. The zero-order valence-corrected chi connectivity index (χ0v) is 12.4. The third-order valence-electron chi connectivity index (χ3n) is 2.80. The average Bonchev–Trinajstić information content (AvgIpc) is 2.34. The van der Waals surface area contributed by atoms with Crippen LogP contribution in [0.2, 0.25) is 0 Å². The fourth-order valence-electron chi connectivity index (χ4n) is 1.52. The highest BCUT2D eigenvalue weighted by Gasteiger charge is 2.22. The molecule has 0 heterocycles. The molecule has 1 rings (SSSR count). The Morgan fingerprint density at radius 1 is 1.26 bits per heavy atom. The van der Waals surface area contributed by atoms with Crippen molar-refractivity contribution in [2.45, 2.75) is 31.7 Å². The Kier molecular flexibility index (Phi) is 5.78. The quantitative estimate of drug-likeness (QED) is 0.746. The molecule has 0 aromatic heterocycles. The summed E-state index contributed by atoms with van der Waals surface area (Å²) in [6, 6.07) is 5.89. The maximum absolute atomic E-state index is 12.2. The van der Waals surface area contributed by atoms with Crippen molar-refractivity contribution in [3.63, 3.8) is 0 Å². The van der Waals surface area contributed by atoms with Gasteiger partial charge in [0.25, 0.3) is 0 Å². The van der Waals surface area contributed by atoms with Gasteiger partial charge in [-0.1, -0.05) is 13.8 Å². The predicted molar refractivity (Wildman–Crippen MR) is 76.3 cm³/mol. The molecule has 0 saturated heterocycles. The van der Waals surface area contributed by atoms with Crippen molar-refractivity contribution in [3.8, 4) is 0 Å². The molecule has 6 heteroatoms. The van der Waals surface area contributed by atoms with E-state index in [9.17, 15) is 8.42 Å². The fourth-order valence-corrected chi connectivity index (χ4v) is 2.89. The van der Waals surface area contributed by atoms with Gasteiger partial charge in [-0.2, -0.15) is 0 Å². The molecule has 0 aliphatic rings. The molecule has 108 valence electrons. The Bertz CT molecular complexity index is 483. The molecule has 1 aromatic carbocycles. The van der Waals surface area contributed by atoms with Crippen molar-refractivity contribution in [2.75, 3.05) is 18.9 Å². The number of nitrogens with two attached hydrogens (primary N) is 1. The number of hydrogen-bond acceptors (Lipinski definition) is 4. The van der Waals surface area contributed by atoms with E-state index in [1.807, 2.05) is 20.8 Å². The van der Waals surface area contributed by atoms with Crippen LogP contribution in [0.1, 0.15) is 20.8 Å². The summed E-state index contributed by atoms with van der Waals surface area (Å²) in [6.45, 7) is 6.71. The first-order valence-electron chi connectivity index (χ1n) is 6.32. The molecular weight excluding hydrogens is 264 g/mol. The highest BCUT2D eigenvalue weighted by atomic mass is 32.2.